The predicted molar refractivity (Wildman–Crippen MR) is 144 cm³/mol. The normalized spacial score (nSPS) is 10.8. The zero-order valence-corrected chi connectivity index (χ0v) is 21.2. The van der Waals surface area contributed by atoms with Gasteiger partial charge in [-0.1, -0.05) is 74.6 Å². The van der Waals surface area contributed by atoms with Crippen molar-refractivity contribution >= 4 is 57.8 Å². The first-order chi connectivity index (χ1) is 16.3. The van der Waals surface area contributed by atoms with E-state index in [-0.39, 0.29) is 11.8 Å². The maximum atomic E-state index is 12.0. The van der Waals surface area contributed by atoms with Gasteiger partial charge in [-0.15, -0.1) is 0 Å². The summed E-state index contributed by atoms with van der Waals surface area (Å²) in [5.41, 5.74) is 13.9. The van der Waals surface area contributed by atoms with Gasteiger partial charge in [-0.2, -0.15) is 0 Å². The van der Waals surface area contributed by atoms with Crippen LogP contribution in [0.1, 0.15) is 77.0 Å². The van der Waals surface area contributed by atoms with E-state index in [0.29, 0.717) is 45.6 Å². The van der Waals surface area contributed by atoms with Gasteiger partial charge in [0.2, 0.25) is 11.8 Å². The molecule has 2 aromatic rings. The Morgan fingerprint density at radius 1 is 0.588 bits per heavy atom. The molecule has 8 heteroatoms. The predicted octanol–water partition coefficient (Wildman–Crippen LogP) is 7.42. The molecule has 0 radical (unpaired) electrons. The molecule has 0 unspecified atom stereocenters. The minimum atomic E-state index is -0.0145. The molecule has 0 aliphatic rings. The van der Waals surface area contributed by atoms with Gasteiger partial charge in [0, 0.05) is 22.9 Å². The van der Waals surface area contributed by atoms with Crippen LogP contribution in [-0.4, -0.2) is 11.8 Å². The van der Waals surface area contributed by atoms with Crippen LogP contribution >= 0.6 is 23.2 Å². The summed E-state index contributed by atoms with van der Waals surface area (Å²) in [5.74, 6) is -0.0290. The number of nitrogen functional groups attached to an aromatic ring is 2. The average molecular weight is 508 g/mol. The van der Waals surface area contributed by atoms with E-state index >= 15 is 0 Å². The van der Waals surface area contributed by atoms with Crippen LogP contribution in [0.5, 0.6) is 0 Å². The van der Waals surface area contributed by atoms with Gasteiger partial charge in [0.05, 0.1) is 22.7 Å². The molecule has 0 saturated carbocycles. The first-order valence-corrected chi connectivity index (χ1v) is 12.8. The number of carbonyl (C=O) groups excluding carboxylic acids is 2. The summed E-state index contributed by atoms with van der Waals surface area (Å²) < 4.78 is 0. The van der Waals surface area contributed by atoms with E-state index in [1.165, 1.54) is 25.7 Å². The van der Waals surface area contributed by atoms with Crippen molar-refractivity contribution in [2.45, 2.75) is 77.0 Å². The molecule has 2 amide bonds. The zero-order valence-electron chi connectivity index (χ0n) is 19.7. The lowest BCUT2D eigenvalue weighted by Crippen LogP contribution is -2.12. The SMILES string of the molecule is Nc1cc(Cl)ccc1NC(=O)CCCCCCCCCCCCC(=O)Nc1ccc(Cl)cc1N. The molecule has 186 valence electrons. The van der Waals surface area contributed by atoms with E-state index in [0.717, 1.165) is 38.5 Å². The smallest absolute Gasteiger partial charge is 0.224 e. The van der Waals surface area contributed by atoms with E-state index in [2.05, 4.69) is 10.6 Å². The van der Waals surface area contributed by atoms with Gasteiger partial charge in [-0.25, -0.2) is 0 Å². The highest BCUT2D eigenvalue weighted by atomic mass is 35.5. The van der Waals surface area contributed by atoms with Crippen molar-refractivity contribution in [3.05, 3.63) is 46.4 Å². The summed E-state index contributed by atoms with van der Waals surface area (Å²) in [6.07, 6.45) is 12.0. The molecular formula is C26H36Cl2N4O2. The van der Waals surface area contributed by atoms with Crippen molar-refractivity contribution in [1.82, 2.24) is 0 Å². The van der Waals surface area contributed by atoms with E-state index < -0.39 is 0 Å². The van der Waals surface area contributed by atoms with Crippen molar-refractivity contribution in [2.24, 2.45) is 0 Å². The number of nitrogens with two attached hydrogens (primary N) is 2. The molecule has 0 bridgehead atoms. The van der Waals surface area contributed by atoms with E-state index in [1.54, 1.807) is 36.4 Å². The Balaban J connectivity index is 1.40. The summed E-state index contributed by atoms with van der Waals surface area (Å²) in [5, 5.41) is 6.79. The first-order valence-electron chi connectivity index (χ1n) is 12.0. The third-order valence-corrected chi connectivity index (χ3v) is 6.10. The minimum Gasteiger partial charge on any atom is -0.397 e. The van der Waals surface area contributed by atoms with E-state index in [1.807, 2.05) is 0 Å². The van der Waals surface area contributed by atoms with Crippen molar-refractivity contribution in [2.75, 3.05) is 22.1 Å². The second-order valence-electron chi connectivity index (χ2n) is 8.60. The third-order valence-electron chi connectivity index (χ3n) is 5.63. The molecule has 6 N–H and O–H groups in total. The van der Waals surface area contributed by atoms with Gasteiger partial charge >= 0.3 is 0 Å². The van der Waals surface area contributed by atoms with Gasteiger partial charge < -0.3 is 22.1 Å². The van der Waals surface area contributed by atoms with Crippen LogP contribution in [0.3, 0.4) is 0 Å². The summed E-state index contributed by atoms with van der Waals surface area (Å²) in [6.45, 7) is 0. The van der Waals surface area contributed by atoms with Crippen molar-refractivity contribution in [3.63, 3.8) is 0 Å². The van der Waals surface area contributed by atoms with Gasteiger partial charge in [0.25, 0.3) is 0 Å². The summed E-state index contributed by atoms with van der Waals surface area (Å²) in [6, 6.07) is 10.1. The number of benzene rings is 2. The highest BCUT2D eigenvalue weighted by Crippen LogP contribution is 2.24. The van der Waals surface area contributed by atoms with Crippen LogP contribution in [0, 0.1) is 0 Å². The zero-order chi connectivity index (χ0) is 24.8. The number of halogens is 2. The second kappa shape index (κ2) is 15.5. The number of unbranched alkanes of at least 4 members (excludes halogenated alkanes) is 9. The Labute approximate surface area is 212 Å². The Kier molecular flexibility index (Phi) is 12.6. The fraction of sp³-hybridized carbons (Fsp3) is 0.462. The molecule has 6 nitrogen and oxygen atoms in total. The number of amides is 2. The number of rotatable bonds is 15. The maximum Gasteiger partial charge on any atom is 0.224 e. The Morgan fingerprint density at radius 2 is 0.912 bits per heavy atom. The Bertz CT molecular complexity index is 862. The van der Waals surface area contributed by atoms with Crippen LogP contribution < -0.4 is 22.1 Å². The highest BCUT2D eigenvalue weighted by Gasteiger charge is 2.07. The Hall–Kier alpha value is -2.44. The molecule has 0 fully saturated rings. The molecule has 34 heavy (non-hydrogen) atoms. The quantitative estimate of drug-likeness (QED) is 0.149. The largest absolute Gasteiger partial charge is 0.397 e. The van der Waals surface area contributed by atoms with Crippen molar-refractivity contribution in [3.8, 4) is 0 Å². The van der Waals surface area contributed by atoms with Gasteiger partial charge in [0.1, 0.15) is 0 Å². The van der Waals surface area contributed by atoms with Crippen LogP contribution in [-0.2, 0) is 9.59 Å². The molecule has 0 aliphatic heterocycles. The Morgan fingerprint density at radius 3 is 1.24 bits per heavy atom. The molecular weight excluding hydrogens is 471 g/mol. The number of carbonyl (C=O) groups is 2. The third kappa shape index (κ3) is 11.1. The average Bonchev–Trinajstić information content (AvgIpc) is 2.78. The summed E-state index contributed by atoms with van der Waals surface area (Å²) in [7, 11) is 0. The van der Waals surface area contributed by atoms with Crippen LogP contribution in [0.2, 0.25) is 10.0 Å². The van der Waals surface area contributed by atoms with Crippen LogP contribution in [0.4, 0.5) is 22.7 Å². The van der Waals surface area contributed by atoms with E-state index in [4.69, 9.17) is 34.7 Å². The second-order valence-corrected chi connectivity index (χ2v) is 9.47. The molecule has 0 aliphatic carbocycles. The molecule has 0 spiro atoms. The van der Waals surface area contributed by atoms with Crippen LogP contribution in [0.25, 0.3) is 0 Å². The topological polar surface area (TPSA) is 110 Å². The molecule has 2 aromatic carbocycles. The number of hydrogen-bond acceptors (Lipinski definition) is 4. The van der Waals surface area contributed by atoms with Gasteiger partial charge in [-0.3, -0.25) is 9.59 Å². The van der Waals surface area contributed by atoms with E-state index in [9.17, 15) is 9.59 Å². The summed E-state index contributed by atoms with van der Waals surface area (Å²) >= 11 is 11.7. The van der Waals surface area contributed by atoms with Gasteiger partial charge in [0.15, 0.2) is 0 Å². The lowest BCUT2D eigenvalue weighted by Gasteiger charge is -2.08. The summed E-state index contributed by atoms with van der Waals surface area (Å²) in [4.78, 5) is 24.1. The standard InChI is InChI=1S/C26H36Cl2N4O2/c27-19-13-15-23(21(29)17-19)31-25(33)11-9-7-5-3-1-2-4-6-8-10-12-26(34)32-24-16-14-20(28)18-22(24)30/h13-18H,1-12,29-30H2,(H,31,33)(H,32,34). The fourth-order valence-electron chi connectivity index (χ4n) is 3.71. The molecule has 2 rings (SSSR count). The molecule has 0 heterocycles. The lowest BCUT2D eigenvalue weighted by molar-refractivity contribution is -0.117. The highest BCUT2D eigenvalue weighted by molar-refractivity contribution is 6.31. The monoisotopic (exact) mass is 506 g/mol. The number of anilines is 4. The van der Waals surface area contributed by atoms with Crippen LogP contribution in [0.15, 0.2) is 36.4 Å². The maximum absolute atomic E-state index is 12.0. The van der Waals surface area contributed by atoms with Gasteiger partial charge in [-0.05, 0) is 49.2 Å². The number of nitrogens with one attached hydrogen (secondary N) is 2. The fourth-order valence-corrected chi connectivity index (χ4v) is 4.07. The molecule has 0 saturated heterocycles. The molecule has 0 aromatic heterocycles. The number of hydrogen-bond donors (Lipinski definition) is 4. The first kappa shape index (κ1) is 27.8. The molecule has 0 atom stereocenters. The van der Waals surface area contributed by atoms with Crippen molar-refractivity contribution < 1.29 is 9.59 Å². The minimum absolute atomic E-state index is 0.0145. The lowest BCUT2D eigenvalue weighted by atomic mass is 10.0. The van der Waals surface area contributed by atoms with Crippen molar-refractivity contribution in [1.29, 1.82) is 0 Å².